The van der Waals surface area contributed by atoms with E-state index in [2.05, 4.69) is 21.9 Å². The summed E-state index contributed by atoms with van der Waals surface area (Å²) in [7, 11) is 0. The summed E-state index contributed by atoms with van der Waals surface area (Å²) in [5.41, 5.74) is 3.01. The Labute approximate surface area is 204 Å². The average molecular weight is 490 g/mol. The number of hydrogen-bond donors (Lipinski definition) is 0. The van der Waals surface area contributed by atoms with Gasteiger partial charge in [0, 0.05) is 36.1 Å². The second-order valence-electron chi connectivity index (χ2n) is 10.5. The second-order valence-corrected chi connectivity index (χ2v) is 11.8. The van der Waals surface area contributed by atoms with Crippen molar-refractivity contribution in [1.29, 1.82) is 0 Å². The molecule has 168 valence electrons. The Hall–Kier alpha value is -1.42. The van der Waals surface area contributed by atoms with E-state index in [-0.39, 0.29) is 11.5 Å². The van der Waals surface area contributed by atoms with Crippen LogP contribution < -0.4 is 4.90 Å². The number of benzene rings is 2. The molecule has 0 aromatic heterocycles. The SMILES string of the molecule is O=C(CC12CCC3(C[C@H]3C1)C2)N1CCN(c2ccc(Cl)cc2Cl)[C@H](c2ccc(Cl)cc2)C1. The number of rotatable bonds is 4. The Balaban J connectivity index is 1.25. The molecule has 1 amide bonds. The molecular weight excluding hydrogens is 463 g/mol. The number of halogens is 3. The molecule has 6 rings (SSSR count). The number of fused-ring (bicyclic) bond motifs is 1. The zero-order valence-corrected chi connectivity index (χ0v) is 20.3. The predicted molar refractivity (Wildman–Crippen MR) is 131 cm³/mol. The molecule has 2 bridgehead atoms. The van der Waals surface area contributed by atoms with Gasteiger partial charge in [0.1, 0.15) is 0 Å². The van der Waals surface area contributed by atoms with Crippen LogP contribution in [0.2, 0.25) is 15.1 Å². The first kappa shape index (κ1) is 21.1. The molecule has 3 nitrogen and oxygen atoms in total. The summed E-state index contributed by atoms with van der Waals surface area (Å²) in [6.07, 6.45) is 7.30. The molecular formula is C26H27Cl3N2O. The minimum Gasteiger partial charge on any atom is -0.360 e. The normalized spacial score (nSPS) is 32.8. The highest BCUT2D eigenvalue weighted by Crippen LogP contribution is 2.78. The van der Waals surface area contributed by atoms with Crippen LogP contribution in [0.4, 0.5) is 5.69 Å². The molecule has 2 aromatic carbocycles. The third-order valence-electron chi connectivity index (χ3n) is 8.65. The molecule has 4 atom stereocenters. The van der Waals surface area contributed by atoms with Gasteiger partial charge in [-0.25, -0.2) is 0 Å². The molecule has 1 aliphatic heterocycles. The molecule has 4 aliphatic rings. The Morgan fingerprint density at radius 1 is 0.969 bits per heavy atom. The van der Waals surface area contributed by atoms with Crippen molar-refractivity contribution in [3.05, 3.63) is 63.1 Å². The summed E-state index contributed by atoms with van der Waals surface area (Å²) in [5, 5.41) is 1.97. The molecule has 4 fully saturated rings. The molecule has 2 aromatic rings. The molecule has 3 saturated carbocycles. The molecule has 0 N–H and O–H groups in total. The highest BCUT2D eigenvalue weighted by atomic mass is 35.5. The Morgan fingerprint density at radius 2 is 1.75 bits per heavy atom. The van der Waals surface area contributed by atoms with Gasteiger partial charge >= 0.3 is 0 Å². The van der Waals surface area contributed by atoms with E-state index in [1.807, 2.05) is 24.3 Å². The van der Waals surface area contributed by atoms with Crippen LogP contribution in [-0.4, -0.2) is 30.4 Å². The van der Waals surface area contributed by atoms with E-state index in [1.165, 1.54) is 32.1 Å². The topological polar surface area (TPSA) is 23.6 Å². The zero-order valence-electron chi connectivity index (χ0n) is 18.0. The molecule has 1 heterocycles. The maximum absolute atomic E-state index is 13.5. The Morgan fingerprint density at radius 3 is 2.44 bits per heavy atom. The summed E-state index contributed by atoms with van der Waals surface area (Å²) in [4.78, 5) is 17.9. The third-order valence-corrected chi connectivity index (χ3v) is 9.44. The van der Waals surface area contributed by atoms with Crippen LogP contribution in [0.5, 0.6) is 0 Å². The fourth-order valence-electron chi connectivity index (χ4n) is 7.02. The zero-order chi connectivity index (χ0) is 22.1. The Bertz CT molecular complexity index is 1070. The minimum atomic E-state index is 0.0213. The number of anilines is 1. The van der Waals surface area contributed by atoms with E-state index in [1.54, 1.807) is 6.07 Å². The monoisotopic (exact) mass is 488 g/mol. The number of carbonyl (C=O) groups excluding carboxylic acids is 1. The van der Waals surface area contributed by atoms with Crippen LogP contribution in [-0.2, 0) is 4.79 Å². The van der Waals surface area contributed by atoms with Crippen molar-refractivity contribution in [2.45, 2.75) is 44.6 Å². The second kappa shape index (κ2) is 7.55. The first-order valence-electron chi connectivity index (χ1n) is 11.6. The summed E-state index contributed by atoms with van der Waals surface area (Å²) < 4.78 is 0. The third kappa shape index (κ3) is 3.52. The van der Waals surface area contributed by atoms with Crippen LogP contribution in [0.15, 0.2) is 42.5 Å². The van der Waals surface area contributed by atoms with Gasteiger partial charge in [-0.1, -0.05) is 46.9 Å². The van der Waals surface area contributed by atoms with E-state index < -0.39 is 0 Å². The quantitative estimate of drug-likeness (QED) is 0.461. The fraction of sp³-hybridized carbons (Fsp3) is 0.500. The largest absolute Gasteiger partial charge is 0.360 e. The Kier molecular flexibility index (Phi) is 4.99. The molecule has 32 heavy (non-hydrogen) atoms. The van der Waals surface area contributed by atoms with Crippen molar-refractivity contribution in [3.8, 4) is 0 Å². The van der Waals surface area contributed by atoms with E-state index in [4.69, 9.17) is 34.8 Å². The van der Waals surface area contributed by atoms with Crippen molar-refractivity contribution in [2.24, 2.45) is 16.7 Å². The lowest BCUT2D eigenvalue weighted by atomic mass is 9.79. The van der Waals surface area contributed by atoms with E-state index >= 15 is 0 Å². The van der Waals surface area contributed by atoms with Crippen LogP contribution in [0.1, 0.15) is 50.1 Å². The van der Waals surface area contributed by atoms with Gasteiger partial charge in [-0.15, -0.1) is 0 Å². The molecule has 3 aliphatic carbocycles. The fourth-order valence-corrected chi connectivity index (χ4v) is 7.66. The van der Waals surface area contributed by atoms with Crippen molar-refractivity contribution < 1.29 is 4.79 Å². The number of amides is 1. The van der Waals surface area contributed by atoms with Gasteiger partial charge in [0.15, 0.2) is 0 Å². The lowest BCUT2D eigenvalue weighted by Gasteiger charge is -2.44. The maximum atomic E-state index is 13.5. The summed E-state index contributed by atoms with van der Waals surface area (Å²) in [6.45, 7) is 2.11. The maximum Gasteiger partial charge on any atom is 0.223 e. The minimum absolute atomic E-state index is 0.0213. The smallest absolute Gasteiger partial charge is 0.223 e. The average Bonchev–Trinajstić information content (AvgIpc) is 3.21. The molecule has 2 unspecified atom stereocenters. The molecule has 0 radical (unpaired) electrons. The first-order chi connectivity index (χ1) is 15.4. The van der Waals surface area contributed by atoms with Gasteiger partial charge in [0.2, 0.25) is 5.91 Å². The number of piperazine rings is 1. The highest BCUT2D eigenvalue weighted by Gasteiger charge is 2.69. The molecule has 1 spiro atoms. The number of hydrogen-bond acceptors (Lipinski definition) is 2. The van der Waals surface area contributed by atoms with Gasteiger partial charge in [-0.3, -0.25) is 4.79 Å². The van der Waals surface area contributed by atoms with Gasteiger partial charge in [0.05, 0.1) is 16.8 Å². The van der Waals surface area contributed by atoms with Crippen LogP contribution in [0.25, 0.3) is 0 Å². The van der Waals surface area contributed by atoms with Crippen molar-refractivity contribution in [2.75, 3.05) is 24.5 Å². The highest BCUT2D eigenvalue weighted by molar-refractivity contribution is 6.36. The lowest BCUT2D eigenvalue weighted by Crippen LogP contribution is -2.51. The van der Waals surface area contributed by atoms with Crippen molar-refractivity contribution in [1.82, 2.24) is 4.90 Å². The van der Waals surface area contributed by atoms with E-state index in [0.717, 1.165) is 30.1 Å². The van der Waals surface area contributed by atoms with Crippen LogP contribution in [0, 0.1) is 16.7 Å². The van der Waals surface area contributed by atoms with Gasteiger partial charge < -0.3 is 9.80 Å². The standard InChI is InChI=1S/C26H27Cl3N2O/c27-19-3-1-17(2-4-19)23-15-30(9-10-31(23)22-6-5-20(28)11-21(22)29)24(32)14-25-7-8-26(16-25)13-18(26)12-25/h1-6,11,18,23H,7-10,12-16H2/t18-,23+,25?,26?/m1/s1. The first-order valence-corrected chi connectivity index (χ1v) is 12.7. The van der Waals surface area contributed by atoms with Crippen molar-refractivity contribution >= 4 is 46.4 Å². The summed E-state index contributed by atoms with van der Waals surface area (Å²) >= 11 is 18.9. The van der Waals surface area contributed by atoms with Crippen LogP contribution in [0.3, 0.4) is 0 Å². The summed E-state index contributed by atoms with van der Waals surface area (Å²) in [5.74, 6) is 1.24. The number of nitrogens with zero attached hydrogens (tertiary/aromatic N) is 2. The molecule has 6 heteroatoms. The predicted octanol–water partition coefficient (Wildman–Crippen LogP) is 7.01. The molecule has 1 saturated heterocycles. The van der Waals surface area contributed by atoms with Crippen molar-refractivity contribution in [3.63, 3.8) is 0 Å². The van der Waals surface area contributed by atoms with Crippen LogP contribution >= 0.6 is 34.8 Å². The van der Waals surface area contributed by atoms with E-state index in [0.29, 0.717) is 39.5 Å². The lowest BCUT2D eigenvalue weighted by molar-refractivity contribution is -0.134. The van der Waals surface area contributed by atoms with Gasteiger partial charge in [-0.2, -0.15) is 0 Å². The number of carbonyl (C=O) groups is 1. The van der Waals surface area contributed by atoms with Gasteiger partial charge in [-0.05, 0) is 84.7 Å². The van der Waals surface area contributed by atoms with E-state index in [9.17, 15) is 4.79 Å². The van der Waals surface area contributed by atoms with Gasteiger partial charge in [0.25, 0.3) is 0 Å². The summed E-state index contributed by atoms with van der Waals surface area (Å²) in [6, 6.07) is 13.6.